The molecule has 22 heavy (non-hydrogen) atoms. The molecular weight excluding hydrogens is 284 g/mol. The zero-order valence-corrected chi connectivity index (χ0v) is 13.4. The lowest BCUT2D eigenvalue weighted by Gasteiger charge is -2.15. The number of benzene rings is 1. The van der Waals surface area contributed by atoms with Gasteiger partial charge in [0.1, 0.15) is 11.5 Å². The zero-order valence-electron chi connectivity index (χ0n) is 13.4. The quantitative estimate of drug-likeness (QED) is 0.926. The molecule has 118 valence electrons. The number of amides is 2. The molecule has 1 unspecified atom stereocenters. The summed E-state index contributed by atoms with van der Waals surface area (Å²) in [5.74, 6) is 0.597. The van der Waals surface area contributed by atoms with E-state index in [0.717, 1.165) is 5.56 Å². The van der Waals surface area contributed by atoms with Crippen LogP contribution < -0.4 is 10.1 Å². The van der Waals surface area contributed by atoms with Crippen molar-refractivity contribution >= 4 is 17.6 Å². The highest BCUT2D eigenvalue weighted by Crippen LogP contribution is 2.34. The summed E-state index contributed by atoms with van der Waals surface area (Å²) >= 11 is 0. The van der Waals surface area contributed by atoms with Gasteiger partial charge in [-0.05, 0) is 25.5 Å². The predicted octanol–water partition coefficient (Wildman–Crippen LogP) is 1.93. The zero-order chi connectivity index (χ0) is 16.4. The van der Waals surface area contributed by atoms with Crippen LogP contribution in [-0.2, 0) is 9.53 Å². The van der Waals surface area contributed by atoms with Gasteiger partial charge in [0, 0.05) is 19.7 Å². The first kappa shape index (κ1) is 15.9. The third-order valence-corrected chi connectivity index (χ3v) is 3.40. The fourth-order valence-corrected chi connectivity index (χ4v) is 2.25. The summed E-state index contributed by atoms with van der Waals surface area (Å²) in [7, 11) is 4.72. The van der Waals surface area contributed by atoms with E-state index >= 15 is 0 Å². The summed E-state index contributed by atoms with van der Waals surface area (Å²) in [5, 5.41) is 2.76. The molecule has 1 aliphatic heterocycles. The number of aryl methyl sites for hydroxylation is 1. The molecule has 2 amide bonds. The Labute approximate surface area is 129 Å². The van der Waals surface area contributed by atoms with E-state index in [1.807, 2.05) is 19.1 Å². The maximum Gasteiger partial charge on any atom is 0.414 e. The Kier molecular flexibility index (Phi) is 4.40. The Hall–Kier alpha value is -2.50. The minimum Gasteiger partial charge on any atom is -0.496 e. The van der Waals surface area contributed by atoms with Crippen LogP contribution in [0, 0.1) is 6.92 Å². The molecule has 2 rings (SSSR count). The lowest BCUT2D eigenvalue weighted by molar-refractivity contribution is -0.115. The fourth-order valence-electron chi connectivity index (χ4n) is 2.25. The molecule has 0 aliphatic carbocycles. The second kappa shape index (κ2) is 6.09. The number of carbonyl (C=O) groups is 2. The Morgan fingerprint density at radius 2 is 2.00 bits per heavy atom. The fraction of sp³-hybridized carbons (Fsp3) is 0.375. The highest BCUT2D eigenvalue weighted by atomic mass is 16.6. The summed E-state index contributed by atoms with van der Waals surface area (Å²) in [6.07, 6.45) is -0.526. The molecule has 0 saturated carbocycles. The number of rotatable bonds is 3. The Morgan fingerprint density at radius 3 is 2.59 bits per heavy atom. The lowest BCUT2D eigenvalue weighted by Crippen LogP contribution is -2.29. The second-order valence-electron chi connectivity index (χ2n) is 5.40. The van der Waals surface area contributed by atoms with Crippen LogP contribution >= 0.6 is 0 Å². The van der Waals surface area contributed by atoms with Crippen molar-refractivity contribution in [1.29, 1.82) is 0 Å². The average Bonchev–Trinajstić information content (AvgIpc) is 2.73. The highest BCUT2D eigenvalue weighted by Gasteiger charge is 2.34. The summed E-state index contributed by atoms with van der Waals surface area (Å²) in [6.45, 7) is 3.70. The Bertz CT molecular complexity index is 650. The second-order valence-corrected chi connectivity index (χ2v) is 5.40. The number of hydrogen-bond acceptors (Lipinski definition) is 4. The largest absolute Gasteiger partial charge is 0.496 e. The molecule has 1 atom stereocenters. The van der Waals surface area contributed by atoms with Crippen LogP contribution in [0.15, 0.2) is 24.0 Å². The molecule has 0 radical (unpaired) electrons. The molecule has 1 heterocycles. The predicted molar refractivity (Wildman–Crippen MR) is 82.4 cm³/mol. The number of methoxy groups -OCH3 is 1. The normalized spacial score (nSPS) is 17.3. The van der Waals surface area contributed by atoms with Crippen molar-refractivity contribution in [2.75, 3.05) is 21.2 Å². The maximum atomic E-state index is 12.3. The molecule has 1 aromatic carbocycles. The Balaban J connectivity index is 2.54. The van der Waals surface area contributed by atoms with Crippen LogP contribution in [0.25, 0.3) is 5.57 Å². The van der Waals surface area contributed by atoms with Crippen LogP contribution in [0.5, 0.6) is 5.75 Å². The summed E-state index contributed by atoms with van der Waals surface area (Å²) in [5.41, 5.74) is 1.95. The standard InChI is InChI=1S/C16H20N2O4/c1-9-6-7-11(12(8-9)21-5)13-14(10(2)17-15(13)19)22-16(20)18(3)4/h6-8,10H,1-5H3,(H,17,19). The number of hydrogen-bond donors (Lipinski definition) is 1. The first-order valence-corrected chi connectivity index (χ1v) is 6.94. The first-order chi connectivity index (χ1) is 10.3. The molecule has 1 N–H and O–H groups in total. The van der Waals surface area contributed by atoms with E-state index in [2.05, 4.69) is 5.32 Å². The van der Waals surface area contributed by atoms with E-state index in [1.165, 1.54) is 4.90 Å². The van der Waals surface area contributed by atoms with Gasteiger partial charge in [-0.15, -0.1) is 0 Å². The number of carbonyl (C=O) groups excluding carboxylic acids is 2. The van der Waals surface area contributed by atoms with E-state index in [4.69, 9.17) is 9.47 Å². The molecule has 6 heteroatoms. The third kappa shape index (κ3) is 2.90. The molecule has 6 nitrogen and oxygen atoms in total. The van der Waals surface area contributed by atoms with Crippen molar-refractivity contribution in [3.8, 4) is 5.75 Å². The van der Waals surface area contributed by atoms with Crippen LogP contribution in [-0.4, -0.2) is 44.1 Å². The molecule has 0 saturated heterocycles. The smallest absolute Gasteiger partial charge is 0.414 e. The summed E-state index contributed by atoms with van der Waals surface area (Å²) in [6, 6.07) is 5.14. The van der Waals surface area contributed by atoms with Gasteiger partial charge < -0.3 is 19.7 Å². The molecule has 0 bridgehead atoms. The molecule has 0 aromatic heterocycles. The van der Waals surface area contributed by atoms with Gasteiger partial charge in [0.15, 0.2) is 0 Å². The number of nitrogens with zero attached hydrogens (tertiary/aromatic N) is 1. The summed E-state index contributed by atoms with van der Waals surface area (Å²) in [4.78, 5) is 25.4. The van der Waals surface area contributed by atoms with E-state index in [-0.39, 0.29) is 11.9 Å². The minimum atomic E-state index is -0.526. The molecule has 1 aromatic rings. The van der Waals surface area contributed by atoms with Crippen LogP contribution in [0.4, 0.5) is 4.79 Å². The van der Waals surface area contributed by atoms with Crippen molar-refractivity contribution in [1.82, 2.24) is 10.2 Å². The van der Waals surface area contributed by atoms with Crippen LogP contribution in [0.2, 0.25) is 0 Å². The van der Waals surface area contributed by atoms with Crippen molar-refractivity contribution in [2.45, 2.75) is 19.9 Å². The minimum absolute atomic E-state index is 0.281. The monoisotopic (exact) mass is 304 g/mol. The lowest BCUT2D eigenvalue weighted by atomic mass is 10.0. The molecule has 0 fully saturated rings. The van der Waals surface area contributed by atoms with Crippen molar-refractivity contribution in [3.63, 3.8) is 0 Å². The van der Waals surface area contributed by atoms with E-state index in [1.54, 1.807) is 34.2 Å². The molecule has 1 aliphatic rings. The van der Waals surface area contributed by atoms with E-state index < -0.39 is 6.09 Å². The van der Waals surface area contributed by atoms with Gasteiger partial charge in [-0.1, -0.05) is 12.1 Å². The van der Waals surface area contributed by atoms with Gasteiger partial charge in [0.25, 0.3) is 5.91 Å². The third-order valence-electron chi connectivity index (χ3n) is 3.40. The van der Waals surface area contributed by atoms with Gasteiger partial charge in [0.05, 0.1) is 18.7 Å². The van der Waals surface area contributed by atoms with Gasteiger partial charge in [-0.3, -0.25) is 4.79 Å². The van der Waals surface area contributed by atoms with E-state index in [9.17, 15) is 9.59 Å². The highest BCUT2D eigenvalue weighted by molar-refractivity contribution is 6.23. The topological polar surface area (TPSA) is 67.9 Å². The van der Waals surface area contributed by atoms with Crippen LogP contribution in [0.1, 0.15) is 18.1 Å². The summed E-state index contributed by atoms with van der Waals surface area (Å²) < 4.78 is 10.7. The van der Waals surface area contributed by atoms with Gasteiger partial charge in [-0.25, -0.2) is 4.79 Å². The van der Waals surface area contributed by atoms with Gasteiger partial charge >= 0.3 is 6.09 Å². The Morgan fingerprint density at radius 1 is 1.32 bits per heavy atom. The van der Waals surface area contributed by atoms with Gasteiger partial charge in [-0.2, -0.15) is 0 Å². The maximum absolute atomic E-state index is 12.3. The first-order valence-electron chi connectivity index (χ1n) is 6.94. The molecular formula is C16H20N2O4. The molecule has 0 spiro atoms. The van der Waals surface area contributed by atoms with Crippen LogP contribution in [0.3, 0.4) is 0 Å². The van der Waals surface area contributed by atoms with Crippen molar-refractivity contribution in [2.24, 2.45) is 0 Å². The van der Waals surface area contributed by atoms with E-state index in [0.29, 0.717) is 22.6 Å². The number of ether oxygens (including phenoxy) is 2. The van der Waals surface area contributed by atoms with Gasteiger partial charge in [0.2, 0.25) is 0 Å². The van der Waals surface area contributed by atoms with Crippen molar-refractivity contribution in [3.05, 3.63) is 35.1 Å². The number of nitrogens with one attached hydrogen (secondary N) is 1. The SMILES string of the molecule is COc1cc(C)ccc1C1=C(OC(=O)N(C)C)C(C)NC1=O. The average molecular weight is 304 g/mol. The van der Waals surface area contributed by atoms with Crippen molar-refractivity contribution < 1.29 is 19.1 Å².